The fourth-order valence-electron chi connectivity index (χ4n) is 6.49. The fraction of sp³-hybridized carbons (Fsp3) is 0.143. The molecule has 4 aromatic carbocycles. The Hall–Kier alpha value is -3.52. The predicted octanol–water partition coefficient (Wildman–Crippen LogP) is 5.97. The van der Waals surface area contributed by atoms with Crippen LogP contribution in [0, 0.1) is 0 Å². The molecule has 4 atom stereocenters. The highest BCUT2D eigenvalue weighted by Gasteiger charge is 2.49. The topological polar surface area (TPSA) is 40.5 Å². The third-order valence-corrected chi connectivity index (χ3v) is 7.48. The lowest BCUT2D eigenvalue weighted by molar-refractivity contribution is 0.463. The molecule has 2 N–H and O–H groups in total. The molecule has 0 heterocycles. The van der Waals surface area contributed by atoms with Gasteiger partial charge in [-0.05, 0) is 68.8 Å². The van der Waals surface area contributed by atoms with Crippen molar-refractivity contribution in [1.82, 2.24) is 0 Å². The summed E-state index contributed by atoms with van der Waals surface area (Å²) in [6.45, 7) is 0. The van der Waals surface area contributed by atoms with Crippen molar-refractivity contribution < 1.29 is 10.2 Å². The van der Waals surface area contributed by atoms with Crippen LogP contribution in [0.4, 0.5) is 0 Å². The molecule has 0 fully saturated rings. The Morgan fingerprint density at radius 3 is 1.03 bits per heavy atom. The van der Waals surface area contributed by atoms with Crippen molar-refractivity contribution in [2.45, 2.75) is 23.7 Å². The van der Waals surface area contributed by atoms with Crippen LogP contribution in [0.1, 0.15) is 68.2 Å². The number of hydrogen-bond acceptors (Lipinski definition) is 2. The minimum atomic E-state index is 0.0995. The molecule has 6 aliphatic rings. The van der Waals surface area contributed by atoms with Crippen molar-refractivity contribution in [3.05, 3.63) is 129 Å². The molecule has 10 rings (SSSR count). The van der Waals surface area contributed by atoms with Crippen LogP contribution in [0.2, 0.25) is 0 Å². The van der Waals surface area contributed by atoms with Crippen LogP contribution in [-0.2, 0) is 0 Å². The molecule has 4 bridgehead atoms. The van der Waals surface area contributed by atoms with E-state index in [1.54, 1.807) is 0 Å². The van der Waals surface area contributed by atoms with E-state index in [0.29, 0.717) is 11.5 Å². The van der Waals surface area contributed by atoms with Crippen LogP contribution in [0.5, 0.6) is 11.5 Å². The second kappa shape index (κ2) is 5.54. The van der Waals surface area contributed by atoms with Gasteiger partial charge in [-0.1, -0.05) is 60.7 Å². The molecule has 0 radical (unpaired) electrons. The van der Waals surface area contributed by atoms with Gasteiger partial charge in [-0.2, -0.15) is 0 Å². The van der Waals surface area contributed by atoms with Crippen LogP contribution in [-0.4, -0.2) is 10.2 Å². The largest absolute Gasteiger partial charge is 0.508 e. The summed E-state index contributed by atoms with van der Waals surface area (Å²) in [5.74, 6) is 1.19. The van der Waals surface area contributed by atoms with E-state index in [2.05, 4.69) is 60.7 Å². The maximum Gasteiger partial charge on any atom is 0.115 e. The second-order valence-corrected chi connectivity index (χ2v) is 8.79. The van der Waals surface area contributed by atoms with Gasteiger partial charge < -0.3 is 10.2 Å². The molecule has 30 heavy (non-hydrogen) atoms. The third kappa shape index (κ3) is 1.89. The molecule has 0 spiro atoms. The average molecular weight is 388 g/mol. The number of benzene rings is 4. The van der Waals surface area contributed by atoms with E-state index >= 15 is 0 Å². The predicted molar refractivity (Wildman–Crippen MR) is 116 cm³/mol. The van der Waals surface area contributed by atoms with Gasteiger partial charge in [-0.3, -0.25) is 0 Å². The standard InChI is InChI=1S/C28H20O2/c29-15-9-11-21-23(13-15)27-19-7-3-1-5-17(19)25(21)26-18-6-2-4-8-20(18)28(27)24-14-16(30)10-12-22(24)26/h1-14,25-30H/t25-,26+,27+,28-. The van der Waals surface area contributed by atoms with Gasteiger partial charge in [0.15, 0.2) is 0 Å². The van der Waals surface area contributed by atoms with E-state index in [1.807, 2.05) is 24.3 Å². The zero-order valence-corrected chi connectivity index (χ0v) is 16.3. The quantitative estimate of drug-likeness (QED) is 0.390. The first-order valence-corrected chi connectivity index (χ1v) is 10.6. The average Bonchev–Trinajstić information content (AvgIpc) is 2.75. The highest BCUT2D eigenvalue weighted by molar-refractivity contribution is 5.68. The number of rotatable bonds is 0. The third-order valence-electron chi connectivity index (χ3n) is 7.48. The maximum absolute atomic E-state index is 10.4. The molecule has 0 unspecified atom stereocenters. The van der Waals surface area contributed by atoms with E-state index in [9.17, 15) is 10.2 Å². The summed E-state index contributed by atoms with van der Waals surface area (Å²) in [6.07, 6.45) is 0. The summed E-state index contributed by atoms with van der Waals surface area (Å²) >= 11 is 0. The minimum absolute atomic E-state index is 0.0995. The van der Waals surface area contributed by atoms with Crippen molar-refractivity contribution in [2.75, 3.05) is 0 Å². The summed E-state index contributed by atoms with van der Waals surface area (Å²) in [7, 11) is 0. The SMILES string of the molecule is Oc1ccc2c(c1)[C@H]1c3ccccc3[C@@H]2[C@@H]2c3ccccc3[C@H]1c1cc(O)ccc12. The van der Waals surface area contributed by atoms with Gasteiger partial charge in [-0.25, -0.2) is 0 Å². The van der Waals surface area contributed by atoms with Crippen LogP contribution in [0.25, 0.3) is 0 Å². The van der Waals surface area contributed by atoms with E-state index in [4.69, 9.17) is 0 Å². The number of phenolic OH excluding ortho intramolecular Hbond substituents is 2. The van der Waals surface area contributed by atoms with Gasteiger partial charge in [0.1, 0.15) is 11.5 Å². The van der Waals surface area contributed by atoms with Crippen molar-refractivity contribution in [3.63, 3.8) is 0 Å². The Balaban J connectivity index is 1.68. The number of aromatic hydroxyl groups is 2. The van der Waals surface area contributed by atoms with E-state index < -0.39 is 0 Å². The van der Waals surface area contributed by atoms with E-state index in [1.165, 1.54) is 44.5 Å². The summed E-state index contributed by atoms with van der Waals surface area (Å²) in [5.41, 5.74) is 10.6. The van der Waals surface area contributed by atoms with Crippen molar-refractivity contribution in [2.24, 2.45) is 0 Å². The summed E-state index contributed by atoms with van der Waals surface area (Å²) < 4.78 is 0. The molecular weight excluding hydrogens is 368 g/mol. The lowest BCUT2D eigenvalue weighted by atomic mass is 9.53. The molecule has 2 nitrogen and oxygen atoms in total. The minimum Gasteiger partial charge on any atom is -0.508 e. The normalized spacial score (nSPS) is 24.3. The monoisotopic (exact) mass is 388 g/mol. The zero-order valence-electron chi connectivity index (χ0n) is 16.3. The highest BCUT2D eigenvalue weighted by Crippen LogP contribution is 2.64. The van der Waals surface area contributed by atoms with Crippen molar-refractivity contribution in [3.8, 4) is 11.5 Å². The van der Waals surface area contributed by atoms with Gasteiger partial charge in [-0.15, -0.1) is 0 Å². The van der Waals surface area contributed by atoms with E-state index in [-0.39, 0.29) is 23.7 Å². The van der Waals surface area contributed by atoms with E-state index in [0.717, 1.165) is 0 Å². The highest BCUT2D eigenvalue weighted by atomic mass is 16.3. The summed E-state index contributed by atoms with van der Waals surface area (Å²) in [4.78, 5) is 0. The molecular formula is C28H20O2. The molecule has 0 aromatic heterocycles. The molecule has 0 aliphatic heterocycles. The van der Waals surface area contributed by atoms with Crippen LogP contribution in [0.15, 0.2) is 84.9 Å². The zero-order chi connectivity index (χ0) is 20.0. The van der Waals surface area contributed by atoms with Gasteiger partial charge in [0.2, 0.25) is 0 Å². The summed E-state index contributed by atoms with van der Waals surface area (Å²) in [5, 5.41) is 20.8. The molecule has 0 saturated heterocycles. The second-order valence-electron chi connectivity index (χ2n) is 8.79. The smallest absolute Gasteiger partial charge is 0.115 e. The summed E-state index contributed by atoms with van der Waals surface area (Å²) in [6, 6.07) is 29.5. The first-order chi connectivity index (χ1) is 14.7. The number of phenols is 2. The number of hydrogen-bond donors (Lipinski definition) is 2. The Morgan fingerprint density at radius 2 is 0.667 bits per heavy atom. The fourth-order valence-corrected chi connectivity index (χ4v) is 6.49. The van der Waals surface area contributed by atoms with Gasteiger partial charge in [0, 0.05) is 23.7 Å². The van der Waals surface area contributed by atoms with Crippen molar-refractivity contribution in [1.29, 1.82) is 0 Å². The lowest BCUT2D eigenvalue weighted by Gasteiger charge is -2.50. The first-order valence-electron chi connectivity index (χ1n) is 10.6. The van der Waals surface area contributed by atoms with Crippen LogP contribution >= 0.6 is 0 Å². The molecule has 4 aromatic rings. The van der Waals surface area contributed by atoms with Gasteiger partial charge >= 0.3 is 0 Å². The first kappa shape index (κ1) is 16.3. The molecule has 0 saturated carbocycles. The maximum atomic E-state index is 10.4. The molecule has 144 valence electrons. The van der Waals surface area contributed by atoms with Gasteiger partial charge in [0.25, 0.3) is 0 Å². The van der Waals surface area contributed by atoms with Crippen LogP contribution < -0.4 is 0 Å². The molecule has 0 amide bonds. The van der Waals surface area contributed by atoms with Gasteiger partial charge in [0.05, 0.1) is 0 Å². The van der Waals surface area contributed by atoms with Crippen molar-refractivity contribution >= 4 is 0 Å². The van der Waals surface area contributed by atoms with Crippen LogP contribution in [0.3, 0.4) is 0 Å². The Bertz CT molecular complexity index is 1250. The lowest BCUT2D eigenvalue weighted by Crippen LogP contribution is -2.35. The molecule has 6 aliphatic carbocycles. The Morgan fingerprint density at radius 1 is 0.367 bits per heavy atom. The Labute approximate surface area is 175 Å². The molecule has 2 heteroatoms. The Kier molecular flexibility index (Phi) is 3.01.